The molecule has 6 heteroatoms. The van der Waals surface area contributed by atoms with Gasteiger partial charge in [-0.1, -0.05) is 17.7 Å². The largest absolute Gasteiger partial charge is 0.399 e. The highest BCUT2D eigenvalue weighted by Crippen LogP contribution is 2.27. The lowest BCUT2D eigenvalue weighted by molar-refractivity contribution is 0.611. The van der Waals surface area contributed by atoms with Crippen LogP contribution in [0.3, 0.4) is 0 Å². The van der Waals surface area contributed by atoms with E-state index < -0.39 is 5.82 Å². The van der Waals surface area contributed by atoms with Crippen LogP contribution in [-0.2, 0) is 0 Å². The molecule has 3 rings (SSSR count). The molecule has 0 saturated heterocycles. The Morgan fingerprint density at radius 1 is 1.20 bits per heavy atom. The minimum Gasteiger partial charge on any atom is -0.399 e. The maximum Gasteiger partial charge on any atom is 0.160 e. The van der Waals surface area contributed by atoms with E-state index in [2.05, 4.69) is 10.1 Å². The number of nitrogens with zero attached hydrogens (tertiary/aromatic N) is 3. The van der Waals surface area contributed by atoms with Crippen molar-refractivity contribution in [1.29, 1.82) is 0 Å². The van der Waals surface area contributed by atoms with E-state index in [-0.39, 0.29) is 10.8 Å². The highest BCUT2D eigenvalue weighted by Gasteiger charge is 2.13. The number of aromatic nitrogens is 3. The molecule has 0 unspecified atom stereocenters. The van der Waals surface area contributed by atoms with Gasteiger partial charge < -0.3 is 5.73 Å². The van der Waals surface area contributed by atoms with E-state index in [4.69, 9.17) is 17.3 Å². The van der Waals surface area contributed by atoms with Gasteiger partial charge in [-0.25, -0.2) is 9.07 Å². The maximum absolute atomic E-state index is 13.9. The fourth-order valence-electron chi connectivity index (χ4n) is 1.88. The number of rotatable bonds is 2. The maximum atomic E-state index is 13.9. The topological polar surface area (TPSA) is 56.7 Å². The average molecular weight is 289 g/mol. The Kier molecular flexibility index (Phi) is 3.12. The Hall–Kier alpha value is -2.40. The summed E-state index contributed by atoms with van der Waals surface area (Å²) in [6, 6.07) is 9.86. The van der Waals surface area contributed by atoms with E-state index in [1.165, 1.54) is 10.7 Å². The predicted octanol–water partition coefficient (Wildman–Crippen LogP) is 3.31. The van der Waals surface area contributed by atoms with Gasteiger partial charge in [-0.05, 0) is 30.3 Å². The van der Waals surface area contributed by atoms with Gasteiger partial charge in [0.2, 0.25) is 0 Å². The molecule has 0 aliphatic rings. The number of nitrogens with two attached hydrogens (primary N) is 1. The van der Waals surface area contributed by atoms with E-state index in [1.54, 1.807) is 24.5 Å². The highest BCUT2D eigenvalue weighted by molar-refractivity contribution is 6.32. The van der Waals surface area contributed by atoms with Gasteiger partial charge in [0.05, 0.1) is 11.3 Å². The molecular weight excluding hydrogens is 279 g/mol. The molecule has 0 radical (unpaired) electrons. The van der Waals surface area contributed by atoms with E-state index in [9.17, 15) is 4.39 Å². The number of halogens is 2. The van der Waals surface area contributed by atoms with Crippen LogP contribution in [0.5, 0.6) is 0 Å². The fraction of sp³-hybridized carbons (Fsp3) is 0. The van der Waals surface area contributed by atoms with Crippen molar-refractivity contribution in [3.63, 3.8) is 0 Å². The number of nitrogen functional groups attached to an aromatic ring is 1. The van der Waals surface area contributed by atoms with Gasteiger partial charge in [0.25, 0.3) is 0 Å². The molecule has 3 aromatic rings. The monoisotopic (exact) mass is 288 g/mol. The van der Waals surface area contributed by atoms with Crippen molar-refractivity contribution >= 4 is 17.3 Å². The van der Waals surface area contributed by atoms with Gasteiger partial charge in [0.1, 0.15) is 5.69 Å². The summed E-state index contributed by atoms with van der Waals surface area (Å²) in [7, 11) is 0. The third kappa shape index (κ3) is 2.23. The molecule has 1 aromatic carbocycles. The van der Waals surface area contributed by atoms with Crippen LogP contribution in [0.1, 0.15) is 0 Å². The molecule has 100 valence electrons. The van der Waals surface area contributed by atoms with Crippen molar-refractivity contribution in [2.45, 2.75) is 0 Å². The summed E-state index contributed by atoms with van der Waals surface area (Å²) >= 11 is 6.09. The van der Waals surface area contributed by atoms with Crippen LogP contribution in [0.25, 0.3) is 16.9 Å². The smallest absolute Gasteiger partial charge is 0.160 e. The third-order valence-electron chi connectivity index (χ3n) is 2.83. The van der Waals surface area contributed by atoms with E-state index in [1.807, 2.05) is 18.2 Å². The highest BCUT2D eigenvalue weighted by atomic mass is 35.5. The zero-order chi connectivity index (χ0) is 14.1. The van der Waals surface area contributed by atoms with Gasteiger partial charge in [0.15, 0.2) is 11.0 Å². The Morgan fingerprint density at radius 3 is 2.75 bits per heavy atom. The Labute approximate surface area is 119 Å². The molecule has 0 amide bonds. The van der Waals surface area contributed by atoms with Crippen LogP contribution in [0, 0.1) is 5.82 Å². The first-order chi connectivity index (χ1) is 9.65. The zero-order valence-electron chi connectivity index (χ0n) is 10.3. The second-order valence-electron chi connectivity index (χ2n) is 4.20. The molecular formula is C14H10ClFN4. The first kappa shape index (κ1) is 12.6. The van der Waals surface area contributed by atoms with Gasteiger partial charge in [0, 0.05) is 18.1 Å². The van der Waals surface area contributed by atoms with Crippen molar-refractivity contribution in [1.82, 2.24) is 14.8 Å². The van der Waals surface area contributed by atoms with Gasteiger partial charge in [-0.3, -0.25) is 4.98 Å². The summed E-state index contributed by atoms with van der Waals surface area (Å²) in [6.45, 7) is 0. The molecule has 0 fully saturated rings. The quantitative estimate of drug-likeness (QED) is 0.736. The van der Waals surface area contributed by atoms with Crippen LogP contribution in [0.4, 0.5) is 10.1 Å². The second kappa shape index (κ2) is 4.94. The lowest BCUT2D eigenvalue weighted by atomic mass is 10.2. The summed E-state index contributed by atoms with van der Waals surface area (Å²) in [6.07, 6.45) is 3.30. The SMILES string of the molecule is Nc1ccc(-n2cc(-c3ccccn3)c(Cl)n2)c(F)c1. The number of pyridine rings is 1. The molecule has 20 heavy (non-hydrogen) atoms. The van der Waals surface area contributed by atoms with Crippen molar-refractivity contribution in [3.8, 4) is 16.9 Å². The normalized spacial score (nSPS) is 10.7. The molecule has 2 aromatic heterocycles. The van der Waals surface area contributed by atoms with Crippen LogP contribution >= 0.6 is 11.6 Å². The summed E-state index contributed by atoms with van der Waals surface area (Å²) in [5.41, 5.74) is 7.49. The van der Waals surface area contributed by atoms with Crippen LogP contribution < -0.4 is 5.73 Å². The van der Waals surface area contributed by atoms with Crippen LogP contribution in [0.15, 0.2) is 48.8 Å². The lowest BCUT2D eigenvalue weighted by Crippen LogP contribution is -1.99. The molecule has 0 bridgehead atoms. The number of hydrogen-bond acceptors (Lipinski definition) is 3. The number of benzene rings is 1. The fourth-order valence-corrected chi connectivity index (χ4v) is 2.11. The van der Waals surface area contributed by atoms with Gasteiger partial charge in [-0.2, -0.15) is 5.10 Å². The molecule has 0 atom stereocenters. The number of hydrogen-bond donors (Lipinski definition) is 1. The molecule has 0 aliphatic carbocycles. The summed E-state index contributed by atoms with van der Waals surface area (Å²) in [5, 5.41) is 4.37. The summed E-state index contributed by atoms with van der Waals surface area (Å²) < 4.78 is 15.3. The predicted molar refractivity (Wildman–Crippen MR) is 76.2 cm³/mol. The molecule has 0 aliphatic heterocycles. The standard InChI is InChI=1S/C14H10ClFN4/c15-14-10(12-3-1-2-6-18-12)8-20(19-14)13-5-4-9(17)7-11(13)16/h1-8H,17H2. The molecule has 4 nitrogen and oxygen atoms in total. The van der Waals surface area contributed by atoms with E-state index >= 15 is 0 Å². The van der Waals surface area contributed by atoms with Gasteiger partial charge in [-0.15, -0.1) is 0 Å². The first-order valence-electron chi connectivity index (χ1n) is 5.87. The Balaban J connectivity index is 2.09. The third-order valence-corrected chi connectivity index (χ3v) is 3.11. The summed E-state index contributed by atoms with van der Waals surface area (Å²) in [4.78, 5) is 4.20. The van der Waals surface area contributed by atoms with Crippen molar-refractivity contribution in [3.05, 3.63) is 59.8 Å². The lowest BCUT2D eigenvalue weighted by Gasteiger charge is -2.03. The van der Waals surface area contributed by atoms with Crippen molar-refractivity contribution < 1.29 is 4.39 Å². The molecule has 2 N–H and O–H groups in total. The molecule has 2 heterocycles. The minimum absolute atomic E-state index is 0.264. The van der Waals surface area contributed by atoms with Gasteiger partial charge >= 0.3 is 0 Å². The minimum atomic E-state index is -0.461. The van der Waals surface area contributed by atoms with E-state index in [0.29, 0.717) is 16.9 Å². The summed E-state index contributed by atoms with van der Waals surface area (Å²) in [5.74, 6) is -0.461. The first-order valence-corrected chi connectivity index (χ1v) is 6.25. The van der Waals surface area contributed by atoms with Crippen LogP contribution in [0.2, 0.25) is 5.15 Å². The van der Waals surface area contributed by atoms with Crippen molar-refractivity contribution in [2.24, 2.45) is 0 Å². The average Bonchev–Trinajstić information content (AvgIpc) is 2.81. The molecule has 0 saturated carbocycles. The molecule has 0 spiro atoms. The second-order valence-corrected chi connectivity index (χ2v) is 4.56. The van der Waals surface area contributed by atoms with E-state index in [0.717, 1.165) is 0 Å². The zero-order valence-corrected chi connectivity index (χ0v) is 11.0. The Morgan fingerprint density at radius 2 is 2.05 bits per heavy atom. The van der Waals surface area contributed by atoms with Crippen LogP contribution in [-0.4, -0.2) is 14.8 Å². The van der Waals surface area contributed by atoms with Crippen molar-refractivity contribution in [2.75, 3.05) is 5.73 Å². The Bertz CT molecular complexity index is 755. The number of anilines is 1.